The van der Waals surface area contributed by atoms with Crippen LogP contribution in [0.15, 0.2) is 48.5 Å². The molecule has 8 nitrogen and oxygen atoms in total. The van der Waals surface area contributed by atoms with Crippen molar-refractivity contribution >= 4 is 17.3 Å². The van der Waals surface area contributed by atoms with E-state index >= 15 is 0 Å². The topological polar surface area (TPSA) is 85.2 Å². The Balaban J connectivity index is 1.58. The molecule has 148 valence electrons. The van der Waals surface area contributed by atoms with Crippen molar-refractivity contribution in [3.63, 3.8) is 0 Å². The molecule has 1 aliphatic rings. The molecule has 0 unspecified atom stereocenters. The van der Waals surface area contributed by atoms with E-state index in [9.17, 15) is 14.9 Å². The first-order valence-electron chi connectivity index (χ1n) is 9.07. The van der Waals surface area contributed by atoms with Crippen molar-refractivity contribution < 1.29 is 19.2 Å². The fourth-order valence-corrected chi connectivity index (χ4v) is 3.18. The average Bonchev–Trinajstić information content (AvgIpc) is 2.73. The van der Waals surface area contributed by atoms with Crippen LogP contribution in [-0.2, 0) is 4.79 Å². The number of carbonyl (C=O) groups excluding carboxylic acids is 1. The average molecular weight is 385 g/mol. The smallest absolute Gasteiger partial charge is 0.310 e. The number of amides is 1. The van der Waals surface area contributed by atoms with E-state index in [4.69, 9.17) is 9.47 Å². The third-order valence-corrected chi connectivity index (χ3v) is 4.74. The Bertz CT molecular complexity index is 832. The number of benzene rings is 2. The summed E-state index contributed by atoms with van der Waals surface area (Å²) < 4.78 is 10.8. The molecule has 1 amide bonds. The van der Waals surface area contributed by atoms with Gasteiger partial charge in [0.15, 0.2) is 11.9 Å². The largest absolute Gasteiger partial charge is 0.497 e. The van der Waals surface area contributed by atoms with Crippen molar-refractivity contribution in [1.82, 2.24) is 4.90 Å². The maximum atomic E-state index is 12.7. The summed E-state index contributed by atoms with van der Waals surface area (Å²) in [6.07, 6.45) is -0.798. The maximum absolute atomic E-state index is 12.7. The molecule has 8 heteroatoms. The molecule has 2 aromatic carbocycles. The van der Waals surface area contributed by atoms with Gasteiger partial charge in [0, 0.05) is 37.9 Å². The van der Waals surface area contributed by atoms with E-state index in [1.54, 1.807) is 31.1 Å². The van der Waals surface area contributed by atoms with E-state index in [1.807, 2.05) is 24.3 Å². The minimum Gasteiger partial charge on any atom is -0.497 e. The Morgan fingerprint density at radius 1 is 1.07 bits per heavy atom. The zero-order chi connectivity index (χ0) is 20.1. The fraction of sp³-hybridized carbons (Fsp3) is 0.350. The number of methoxy groups -OCH3 is 1. The van der Waals surface area contributed by atoms with Crippen molar-refractivity contribution in [2.75, 3.05) is 38.2 Å². The van der Waals surface area contributed by atoms with Crippen LogP contribution in [0, 0.1) is 10.1 Å². The molecule has 3 rings (SSSR count). The Hall–Kier alpha value is -3.29. The van der Waals surface area contributed by atoms with Gasteiger partial charge in [-0.25, -0.2) is 0 Å². The number of nitrogens with zero attached hydrogens (tertiary/aromatic N) is 3. The van der Waals surface area contributed by atoms with Crippen LogP contribution in [0.3, 0.4) is 0 Å². The molecule has 1 saturated heterocycles. The van der Waals surface area contributed by atoms with Gasteiger partial charge in [-0.1, -0.05) is 12.1 Å². The predicted octanol–water partition coefficient (Wildman–Crippen LogP) is 2.72. The summed E-state index contributed by atoms with van der Waals surface area (Å²) in [5, 5.41) is 11.1. The van der Waals surface area contributed by atoms with Gasteiger partial charge in [0.05, 0.1) is 12.0 Å². The van der Waals surface area contributed by atoms with Crippen LogP contribution in [0.4, 0.5) is 11.4 Å². The molecule has 0 bridgehead atoms. The maximum Gasteiger partial charge on any atom is 0.310 e. The predicted molar refractivity (Wildman–Crippen MR) is 105 cm³/mol. The first-order valence-corrected chi connectivity index (χ1v) is 9.07. The highest BCUT2D eigenvalue weighted by Gasteiger charge is 2.27. The van der Waals surface area contributed by atoms with E-state index < -0.39 is 11.0 Å². The van der Waals surface area contributed by atoms with Crippen LogP contribution in [-0.4, -0.2) is 55.1 Å². The first-order chi connectivity index (χ1) is 13.5. The Labute approximate surface area is 163 Å². The Morgan fingerprint density at radius 2 is 1.71 bits per heavy atom. The van der Waals surface area contributed by atoms with Gasteiger partial charge >= 0.3 is 5.69 Å². The summed E-state index contributed by atoms with van der Waals surface area (Å²) in [6.45, 7) is 4.16. The molecule has 1 aliphatic heterocycles. The van der Waals surface area contributed by atoms with E-state index in [-0.39, 0.29) is 17.3 Å². The van der Waals surface area contributed by atoms with E-state index in [0.29, 0.717) is 26.2 Å². The number of para-hydroxylation sites is 2. The zero-order valence-corrected chi connectivity index (χ0v) is 15.9. The van der Waals surface area contributed by atoms with Crippen molar-refractivity contribution in [3.05, 3.63) is 58.6 Å². The highest BCUT2D eigenvalue weighted by molar-refractivity contribution is 5.81. The highest BCUT2D eigenvalue weighted by Crippen LogP contribution is 2.27. The van der Waals surface area contributed by atoms with Crippen LogP contribution in [0.1, 0.15) is 6.92 Å². The molecule has 0 saturated carbocycles. The van der Waals surface area contributed by atoms with Crippen molar-refractivity contribution in [1.29, 1.82) is 0 Å². The molecule has 28 heavy (non-hydrogen) atoms. The number of rotatable bonds is 6. The summed E-state index contributed by atoms with van der Waals surface area (Å²) >= 11 is 0. The lowest BCUT2D eigenvalue weighted by atomic mass is 10.2. The van der Waals surface area contributed by atoms with Gasteiger partial charge in [0.25, 0.3) is 5.91 Å². The van der Waals surface area contributed by atoms with Crippen molar-refractivity contribution in [2.24, 2.45) is 0 Å². The van der Waals surface area contributed by atoms with Crippen LogP contribution in [0.2, 0.25) is 0 Å². The van der Waals surface area contributed by atoms with Crippen LogP contribution >= 0.6 is 0 Å². The molecule has 0 aromatic heterocycles. The lowest BCUT2D eigenvalue weighted by Crippen LogP contribution is -2.52. The molecule has 1 heterocycles. The number of hydrogen-bond donors (Lipinski definition) is 0. The van der Waals surface area contributed by atoms with E-state index in [2.05, 4.69) is 4.90 Å². The summed E-state index contributed by atoms with van der Waals surface area (Å²) in [4.78, 5) is 27.2. The zero-order valence-electron chi connectivity index (χ0n) is 15.9. The number of hydrogen-bond acceptors (Lipinski definition) is 6. The lowest BCUT2D eigenvalue weighted by Gasteiger charge is -2.37. The lowest BCUT2D eigenvalue weighted by molar-refractivity contribution is -0.386. The molecule has 1 fully saturated rings. The highest BCUT2D eigenvalue weighted by atomic mass is 16.6. The van der Waals surface area contributed by atoms with Gasteiger partial charge in [0.2, 0.25) is 0 Å². The third kappa shape index (κ3) is 4.33. The number of nitro benzene ring substituents is 1. The standard InChI is InChI=1S/C20H23N3O5/c1-15(28-19-6-4-3-5-18(19)23(25)26)20(24)22-13-11-21(12-14-22)16-7-9-17(27-2)10-8-16/h3-10,15H,11-14H2,1-2H3/t15-/m1/s1. The number of anilines is 1. The molecule has 0 radical (unpaired) electrons. The fourth-order valence-electron chi connectivity index (χ4n) is 3.18. The summed E-state index contributed by atoms with van der Waals surface area (Å²) in [5.74, 6) is 0.733. The molecule has 0 aliphatic carbocycles. The quantitative estimate of drug-likeness (QED) is 0.561. The molecule has 1 atom stereocenters. The summed E-state index contributed by atoms with van der Waals surface area (Å²) in [6, 6.07) is 13.9. The van der Waals surface area contributed by atoms with Gasteiger partial charge in [-0.2, -0.15) is 0 Å². The number of carbonyl (C=O) groups is 1. The first kappa shape index (κ1) is 19.5. The van der Waals surface area contributed by atoms with E-state index in [0.717, 1.165) is 11.4 Å². The van der Waals surface area contributed by atoms with Gasteiger partial charge < -0.3 is 19.3 Å². The Kier molecular flexibility index (Phi) is 5.98. The van der Waals surface area contributed by atoms with Crippen molar-refractivity contribution in [3.8, 4) is 11.5 Å². The van der Waals surface area contributed by atoms with Crippen LogP contribution < -0.4 is 14.4 Å². The number of ether oxygens (including phenoxy) is 2. The third-order valence-electron chi connectivity index (χ3n) is 4.74. The van der Waals surface area contributed by atoms with Gasteiger partial charge in [-0.3, -0.25) is 14.9 Å². The number of piperazine rings is 1. The van der Waals surface area contributed by atoms with Gasteiger partial charge in [-0.05, 0) is 37.3 Å². The molecule has 0 spiro atoms. The second-order valence-electron chi connectivity index (χ2n) is 6.50. The molecular formula is C20H23N3O5. The summed E-state index contributed by atoms with van der Waals surface area (Å²) in [5.41, 5.74) is 0.934. The number of nitro groups is 1. The van der Waals surface area contributed by atoms with Gasteiger partial charge in [0.1, 0.15) is 5.75 Å². The minimum absolute atomic E-state index is 0.102. The van der Waals surface area contributed by atoms with Crippen LogP contribution in [0.5, 0.6) is 11.5 Å². The minimum atomic E-state index is -0.798. The summed E-state index contributed by atoms with van der Waals surface area (Å²) in [7, 11) is 1.63. The molecule has 2 aromatic rings. The van der Waals surface area contributed by atoms with Crippen molar-refractivity contribution in [2.45, 2.75) is 13.0 Å². The second kappa shape index (κ2) is 8.60. The molecule has 0 N–H and O–H groups in total. The van der Waals surface area contributed by atoms with E-state index in [1.165, 1.54) is 12.1 Å². The normalized spacial score (nSPS) is 15.1. The van der Waals surface area contributed by atoms with Crippen LogP contribution in [0.25, 0.3) is 0 Å². The molecular weight excluding hydrogens is 362 g/mol. The Morgan fingerprint density at radius 3 is 2.32 bits per heavy atom. The SMILES string of the molecule is COc1ccc(N2CCN(C(=O)[C@@H](C)Oc3ccccc3[N+](=O)[O-])CC2)cc1. The monoisotopic (exact) mass is 385 g/mol. The second-order valence-corrected chi connectivity index (χ2v) is 6.50. The van der Waals surface area contributed by atoms with Gasteiger partial charge in [-0.15, -0.1) is 0 Å².